The van der Waals surface area contributed by atoms with Crippen LogP contribution in [0.5, 0.6) is 0 Å². The molecule has 4 nitrogen and oxygen atoms in total. The largest absolute Gasteiger partial charge is 0.361 e. The number of aromatic nitrogens is 1. The van der Waals surface area contributed by atoms with Crippen LogP contribution >= 0.6 is 0 Å². The normalized spacial score (nSPS) is 9.30. The average molecular weight is 139 g/mol. The van der Waals surface area contributed by atoms with Crippen LogP contribution in [0.2, 0.25) is 0 Å². The smallest absolute Gasteiger partial charge is 0.309 e. The maximum absolute atomic E-state index is 9.69. The average Bonchev–Trinajstić information content (AvgIpc) is 2.31. The third kappa shape index (κ3) is 1.58. The van der Waals surface area contributed by atoms with Crippen molar-refractivity contribution in [2.75, 3.05) is 0 Å². The first-order valence-electron chi connectivity index (χ1n) is 2.85. The summed E-state index contributed by atoms with van der Waals surface area (Å²) in [7, 11) is 0. The number of aryl methyl sites for hydroxylation is 1. The van der Waals surface area contributed by atoms with Crippen LogP contribution in [0.25, 0.3) is 0 Å². The van der Waals surface area contributed by atoms with Crippen molar-refractivity contribution in [3.8, 4) is 0 Å². The summed E-state index contributed by atoms with van der Waals surface area (Å²) < 4.78 is 4.74. The molecule has 4 heteroatoms. The Kier molecular flexibility index (Phi) is 2.04. The molecule has 1 amide bonds. The Morgan fingerprint density at radius 3 is 3.20 bits per heavy atom. The fourth-order valence-corrected chi connectivity index (χ4v) is 0.628. The molecule has 0 aliphatic heterocycles. The van der Waals surface area contributed by atoms with E-state index in [1.807, 2.05) is 0 Å². The zero-order chi connectivity index (χ0) is 7.40. The Bertz CT molecular complexity index is 219. The fourth-order valence-electron chi connectivity index (χ4n) is 0.628. The van der Waals surface area contributed by atoms with Crippen LogP contribution in [-0.4, -0.2) is 11.6 Å². The lowest BCUT2D eigenvalue weighted by Gasteiger charge is -1.86. The van der Waals surface area contributed by atoms with E-state index in [2.05, 4.69) is 10.5 Å². The molecule has 1 N–H and O–H groups in total. The van der Waals surface area contributed by atoms with Crippen molar-refractivity contribution >= 4 is 6.41 Å². The molecule has 0 fully saturated rings. The molecule has 1 radical (unpaired) electrons. The van der Waals surface area contributed by atoms with Gasteiger partial charge in [0.2, 0.25) is 0 Å². The minimum absolute atomic E-state index is 0.376. The van der Waals surface area contributed by atoms with Gasteiger partial charge in [0.05, 0.1) is 6.54 Å². The molecule has 53 valence electrons. The van der Waals surface area contributed by atoms with Gasteiger partial charge in [0.25, 0.3) is 0 Å². The van der Waals surface area contributed by atoms with Gasteiger partial charge < -0.3 is 9.84 Å². The number of hydrogen-bond donors (Lipinski definition) is 1. The molecule has 1 rings (SSSR count). The fraction of sp³-hybridized carbons (Fsp3) is 0.333. The van der Waals surface area contributed by atoms with Gasteiger partial charge >= 0.3 is 6.41 Å². The highest BCUT2D eigenvalue weighted by Gasteiger charge is 1.97. The first kappa shape index (κ1) is 6.80. The maximum atomic E-state index is 9.69. The molecular weight excluding hydrogens is 132 g/mol. The van der Waals surface area contributed by atoms with Crippen molar-refractivity contribution in [1.82, 2.24) is 10.5 Å². The van der Waals surface area contributed by atoms with E-state index >= 15 is 0 Å². The van der Waals surface area contributed by atoms with Crippen molar-refractivity contribution in [2.24, 2.45) is 0 Å². The Hall–Kier alpha value is -1.32. The van der Waals surface area contributed by atoms with Crippen LogP contribution in [0.4, 0.5) is 0 Å². The molecule has 1 heterocycles. The lowest BCUT2D eigenvalue weighted by Crippen LogP contribution is -2.09. The molecule has 0 atom stereocenters. The number of rotatable bonds is 3. The third-order valence-corrected chi connectivity index (χ3v) is 1.02. The van der Waals surface area contributed by atoms with Gasteiger partial charge in [-0.2, -0.15) is 0 Å². The summed E-state index contributed by atoms with van der Waals surface area (Å²) in [4.78, 5) is 9.69. The molecule has 10 heavy (non-hydrogen) atoms. The first-order chi connectivity index (χ1) is 4.83. The minimum atomic E-state index is 0.376. The van der Waals surface area contributed by atoms with Crippen molar-refractivity contribution in [1.29, 1.82) is 0 Å². The highest BCUT2D eigenvalue weighted by Crippen LogP contribution is 1.99. The van der Waals surface area contributed by atoms with Gasteiger partial charge in [-0.1, -0.05) is 5.16 Å². The summed E-state index contributed by atoms with van der Waals surface area (Å²) in [5, 5.41) is 5.99. The summed E-state index contributed by atoms with van der Waals surface area (Å²) in [6.07, 6.45) is 1.54. The third-order valence-electron chi connectivity index (χ3n) is 1.02. The predicted octanol–water partition coefficient (Wildman–Crippen LogP) is 0.140. The molecule has 0 aliphatic rings. The summed E-state index contributed by atoms with van der Waals surface area (Å²) in [6, 6.07) is 1.75. The van der Waals surface area contributed by atoms with E-state index in [4.69, 9.17) is 4.52 Å². The second-order valence-electron chi connectivity index (χ2n) is 1.88. The van der Waals surface area contributed by atoms with Gasteiger partial charge in [-0.25, -0.2) is 0 Å². The van der Waals surface area contributed by atoms with Gasteiger partial charge in [0, 0.05) is 6.07 Å². The van der Waals surface area contributed by atoms with E-state index in [0.717, 1.165) is 5.76 Å². The molecule has 0 aliphatic carbocycles. The van der Waals surface area contributed by atoms with Crippen molar-refractivity contribution in [2.45, 2.75) is 13.5 Å². The van der Waals surface area contributed by atoms with E-state index in [1.165, 1.54) is 0 Å². The van der Waals surface area contributed by atoms with Crippen molar-refractivity contribution in [3.05, 3.63) is 17.5 Å². The number of nitrogens with one attached hydrogen (secondary N) is 1. The molecule has 0 bridgehead atoms. The van der Waals surface area contributed by atoms with E-state index in [0.29, 0.717) is 12.2 Å². The summed E-state index contributed by atoms with van der Waals surface area (Å²) in [5.41, 5.74) is 0.709. The number of nitrogens with zero attached hydrogens (tertiary/aromatic N) is 1. The molecule has 1 aromatic heterocycles. The van der Waals surface area contributed by atoms with E-state index in [-0.39, 0.29) is 0 Å². The SMILES string of the molecule is Cc1cc(CN[C]=O)no1. The molecule has 0 unspecified atom stereocenters. The highest BCUT2D eigenvalue weighted by molar-refractivity contribution is 5.47. The monoisotopic (exact) mass is 139 g/mol. The second-order valence-corrected chi connectivity index (χ2v) is 1.88. The predicted molar refractivity (Wildman–Crippen MR) is 33.8 cm³/mol. The molecular formula is C6H7N2O2. The van der Waals surface area contributed by atoms with Gasteiger partial charge in [-0.3, -0.25) is 4.79 Å². The molecule has 1 aromatic rings. The van der Waals surface area contributed by atoms with E-state index in [9.17, 15) is 4.79 Å². The summed E-state index contributed by atoms with van der Waals surface area (Å²) in [6.45, 7) is 2.17. The van der Waals surface area contributed by atoms with Gasteiger partial charge in [-0.15, -0.1) is 0 Å². The molecule has 0 saturated heterocycles. The van der Waals surface area contributed by atoms with Crippen molar-refractivity contribution in [3.63, 3.8) is 0 Å². The van der Waals surface area contributed by atoms with Crippen LogP contribution < -0.4 is 5.32 Å². The summed E-state index contributed by atoms with van der Waals surface area (Å²) >= 11 is 0. The van der Waals surface area contributed by atoms with Crippen LogP contribution in [0, 0.1) is 6.92 Å². The standard InChI is InChI=1S/C6H7N2O2/c1-5-2-6(8-10-5)3-7-4-9/h2H,3H2,1H3,(H,7,9). The van der Waals surface area contributed by atoms with Crippen LogP contribution in [0.1, 0.15) is 11.5 Å². The number of hydrogen-bond acceptors (Lipinski definition) is 3. The molecule has 0 saturated carbocycles. The van der Waals surface area contributed by atoms with Crippen molar-refractivity contribution < 1.29 is 9.32 Å². The van der Waals surface area contributed by atoms with E-state index in [1.54, 1.807) is 19.4 Å². The van der Waals surface area contributed by atoms with Gasteiger partial charge in [0.15, 0.2) is 0 Å². The van der Waals surface area contributed by atoms with Crippen LogP contribution in [-0.2, 0) is 11.3 Å². The van der Waals surface area contributed by atoms with Crippen LogP contribution in [0.15, 0.2) is 10.6 Å². The maximum Gasteiger partial charge on any atom is 0.309 e. The zero-order valence-corrected chi connectivity index (χ0v) is 5.55. The molecule has 0 aromatic carbocycles. The first-order valence-corrected chi connectivity index (χ1v) is 2.85. The Morgan fingerprint density at radius 2 is 2.70 bits per heavy atom. The second kappa shape index (κ2) is 3.00. The van der Waals surface area contributed by atoms with Gasteiger partial charge in [-0.05, 0) is 6.92 Å². The van der Waals surface area contributed by atoms with Gasteiger partial charge in [0.1, 0.15) is 11.5 Å². The zero-order valence-electron chi connectivity index (χ0n) is 5.55. The Balaban J connectivity index is 2.49. The Morgan fingerprint density at radius 1 is 1.90 bits per heavy atom. The number of amides is 1. The topological polar surface area (TPSA) is 55.1 Å². The minimum Gasteiger partial charge on any atom is -0.361 e. The quantitative estimate of drug-likeness (QED) is 0.606. The lowest BCUT2D eigenvalue weighted by molar-refractivity contribution is 0.389. The van der Waals surface area contributed by atoms with Crippen LogP contribution in [0.3, 0.4) is 0 Å². The molecule has 0 spiro atoms. The summed E-state index contributed by atoms with van der Waals surface area (Å²) in [5.74, 6) is 0.739. The number of carbonyl (C=O) groups excluding carboxylic acids is 1. The Labute approximate surface area is 58.2 Å². The van der Waals surface area contributed by atoms with E-state index < -0.39 is 0 Å². The highest BCUT2D eigenvalue weighted by atomic mass is 16.5. The lowest BCUT2D eigenvalue weighted by atomic mass is 10.4.